The van der Waals surface area contributed by atoms with Gasteiger partial charge in [-0.1, -0.05) is 0 Å². The van der Waals surface area contributed by atoms with Gasteiger partial charge in [-0.3, -0.25) is 9.59 Å². The summed E-state index contributed by atoms with van der Waals surface area (Å²) in [6.45, 7) is 0. The smallest absolute Gasteiger partial charge is 0.347 e. The Labute approximate surface area is 190 Å². The number of carbonyl (C=O) groups excluding carboxylic acids is 2. The zero-order chi connectivity index (χ0) is 20.7. The van der Waals surface area contributed by atoms with Gasteiger partial charge in [-0.05, 0) is 93.7 Å². The fourth-order valence-corrected chi connectivity index (χ4v) is 3.94. The Morgan fingerprint density at radius 3 is 1.52 bits per heavy atom. The maximum atomic E-state index is 12.6. The van der Waals surface area contributed by atoms with Crippen molar-refractivity contribution < 1.29 is 18.4 Å². The first-order valence-electron chi connectivity index (χ1n) is 8.35. The van der Waals surface area contributed by atoms with E-state index in [0.717, 1.165) is 7.14 Å². The minimum absolute atomic E-state index is 0.229. The maximum absolute atomic E-state index is 12.6. The summed E-state index contributed by atoms with van der Waals surface area (Å²) < 4.78 is 12.2. The van der Waals surface area contributed by atoms with Crippen LogP contribution in [0.4, 0.5) is 0 Å². The van der Waals surface area contributed by atoms with E-state index in [0.29, 0.717) is 21.9 Å². The van der Waals surface area contributed by atoms with E-state index in [1.165, 1.54) is 12.1 Å². The van der Waals surface area contributed by atoms with Gasteiger partial charge in [-0.15, -0.1) is 0 Å². The highest BCUT2D eigenvalue weighted by molar-refractivity contribution is 14.1. The van der Waals surface area contributed by atoms with Crippen LogP contribution in [-0.2, 0) is 0 Å². The molecule has 2 heterocycles. The van der Waals surface area contributed by atoms with Crippen LogP contribution in [0.3, 0.4) is 0 Å². The van der Waals surface area contributed by atoms with Crippen molar-refractivity contribution in [1.82, 2.24) is 0 Å². The Morgan fingerprint density at radius 2 is 1.10 bits per heavy atom. The van der Waals surface area contributed by atoms with Crippen LogP contribution >= 0.6 is 45.2 Å². The molecule has 0 saturated heterocycles. The van der Waals surface area contributed by atoms with Crippen molar-refractivity contribution in [2.24, 2.45) is 0 Å². The highest BCUT2D eigenvalue weighted by atomic mass is 127. The van der Waals surface area contributed by atoms with Crippen molar-refractivity contribution in [1.29, 1.82) is 0 Å². The van der Waals surface area contributed by atoms with Gasteiger partial charge in [0.15, 0.2) is 11.6 Å². The lowest BCUT2D eigenvalue weighted by Crippen LogP contribution is -2.20. The molecule has 2 aromatic carbocycles. The predicted octanol–water partition coefficient (Wildman–Crippen LogP) is 4.56. The van der Waals surface area contributed by atoms with Crippen molar-refractivity contribution in [3.8, 4) is 0 Å². The molecule has 6 nitrogen and oxygen atoms in total. The molecule has 0 bridgehead atoms. The fraction of sp³-hybridized carbons (Fsp3) is 0.0476. The standard InChI is InChI=1S/C21H10I2O6/c22-12-1-3-18-10(5-12)7-14(20(26)28-18)16(24)9-17(25)15-8-11-6-13(23)2-4-19(11)29-21(15)27/h1-8H,9H2. The molecule has 0 spiro atoms. The topological polar surface area (TPSA) is 94.6 Å². The number of Topliss-reactive ketones (excluding diaryl/α,β-unsaturated/α-hetero) is 2. The minimum atomic E-state index is -0.823. The molecule has 0 aliphatic rings. The molecule has 0 N–H and O–H groups in total. The lowest BCUT2D eigenvalue weighted by atomic mass is 10.0. The quantitative estimate of drug-likeness (QED) is 0.145. The second kappa shape index (κ2) is 7.82. The first kappa shape index (κ1) is 20.0. The Bertz CT molecular complexity index is 1320. The molecule has 0 aliphatic heterocycles. The Balaban J connectivity index is 1.69. The Kier molecular flexibility index (Phi) is 5.38. The molecule has 0 amide bonds. The van der Waals surface area contributed by atoms with Crippen LogP contribution in [-0.4, -0.2) is 11.6 Å². The monoisotopic (exact) mass is 612 g/mol. The molecule has 8 heteroatoms. The summed E-state index contributed by atoms with van der Waals surface area (Å²) in [6, 6.07) is 13.2. The molecule has 144 valence electrons. The van der Waals surface area contributed by atoms with Gasteiger partial charge in [-0.25, -0.2) is 9.59 Å². The fourth-order valence-electron chi connectivity index (χ4n) is 2.91. The lowest BCUT2D eigenvalue weighted by molar-refractivity contribution is 0.0890. The van der Waals surface area contributed by atoms with Crippen LogP contribution in [0.5, 0.6) is 0 Å². The van der Waals surface area contributed by atoms with Crippen LogP contribution in [0.25, 0.3) is 21.9 Å². The number of rotatable bonds is 4. The van der Waals surface area contributed by atoms with E-state index in [9.17, 15) is 19.2 Å². The van der Waals surface area contributed by atoms with E-state index in [1.54, 1.807) is 36.4 Å². The third-order valence-corrected chi connectivity index (χ3v) is 5.65. The molecule has 0 aliphatic carbocycles. The van der Waals surface area contributed by atoms with Gasteiger partial charge in [0, 0.05) is 17.9 Å². The van der Waals surface area contributed by atoms with Crippen molar-refractivity contribution >= 4 is 78.7 Å². The minimum Gasteiger partial charge on any atom is -0.422 e. The summed E-state index contributed by atoms with van der Waals surface area (Å²) >= 11 is 4.20. The van der Waals surface area contributed by atoms with Gasteiger partial charge >= 0.3 is 11.3 Å². The SMILES string of the molecule is O=C(CC(=O)c1cc2cc(I)ccc2oc1=O)c1cc2cc(I)ccc2oc1=O. The number of ketones is 2. The summed E-state index contributed by atoms with van der Waals surface area (Å²) in [5.74, 6) is -1.43. The zero-order valence-electron chi connectivity index (χ0n) is 14.5. The number of hydrogen-bond acceptors (Lipinski definition) is 6. The molecule has 29 heavy (non-hydrogen) atoms. The number of carbonyl (C=O) groups is 2. The highest BCUT2D eigenvalue weighted by Gasteiger charge is 2.21. The van der Waals surface area contributed by atoms with E-state index in [4.69, 9.17) is 8.83 Å². The number of fused-ring (bicyclic) bond motifs is 2. The van der Waals surface area contributed by atoms with E-state index in [1.807, 2.05) is 0 Å². The van der Waals surface area contributed by atoms with Crippen molar-refractivity contribution in [3.63, 3.8) is 0 Å². The maximum Gasteiger partial charge on any atom is 0.347 e. The van der Waals surface area contributed by atoms with Crippen molar-refractivity contribution in [3.05, 3.63) is 87.6 Å². The summed E-state index contributed by atoms with van der Waals surface area (Å²) in [7, 11) is 0. The summed E-state index contributed by atoms with van der Waals surface area (Å²) in [5.41, 5.74) is -1.40. The number of hydrogen-bond donors (Lipinski definition) is 0. The van der Waals surface area contributed by atoms with Gasteiger partial charge in [-0.2, -0.15) is 0 Å². The number of halogens is 2. The van der Waals surface area contributed by atoms with E-state index >= 15 is 0 Å². The van der Waals surface area contributed by atoms with Gasteiger partial charge in [0.25, 0.3) is 0 Å². The molecular formula is C21H10I2O6. The zero-order valence-corrected chi connectivity index (χ0v) is 18.8. The summed E-state index contributed by atoms with van der Waals surface area (Å²) in [6.07, 6.45) is -0.639. The van der Waals surface area contributed by atoms with E-state index in [-0.39, 0.29) is 11.1 Å². The highest BCUT2D eigenvalue weighted by Crippen LogP contribution is 2.19. The van der Waals surface area contributed by atoms with Crippen molar-refractivity contribution in [2.45, 2.75) is 6.42 Å². The van der Waals surface area contributed by atoms with Gasteiger partial charge in [0.1, 0.15) is 22.3 Å². The third-order valence-electron chi connectivity index (χ3n) is 4.31. The largest absolute Gasteiger partial charge is 0.422 e. The van der Waals surface area contributed by atoms with Crippen LogP contribution in [0.15, 0.2) is 67.0 Å². The molecule has 0 radical (unpaired) electrons. The lowest BCUT2D eigenvalue weighted by Gasteiger charge is -2.04. The average Bonchev–Trinajstić information content (AvgIpc) is 2.67. The van der Waals surface area contributed by atoms with Crippen LogP contribution in [0.1, 0.15) is 27.1 Å². The van der Waals surface area contributed by atoms with E-state index < -0.39 is 29.2 Å². The average molecular weight is 612 g/mol. The second-order valence-corrected chi connectivity index (χ2v) is 8.77. The normalized spacial score (nSPS) is 11.1. The first-order chi connectivity index (χ1) is 13.8. The predicted molar refractivity (Wildman–Crippen MR) is 124 cm³/mol. The molecule has 2 aromatic heterocycles. The van der Waals surface area contributed by atoms with Crippen LogP contribution in [0, 0.1) is 7.14 Å². The number of benzene rings is 2. The summed E-state index contributed by atoms with van der Waals surface area (Å²) in [5, 5.41) is 1.15. The van der Waals surface area contributed by atoms with Gasteiger partial charge in [0.05, 0.1) is 6.42 Å². The Morgan fingerprint density at radius 1 is 0.690 bits per heavy atom. The van der Waals surface area contributed by atoms with Crippen LogP contribution in [0.2, 0.25) is 0 Å². The van der Waals surface area contributed by atoms with Gasteiger partial charge in [0.2, 0.25) is 0 Å². The van der Waals surface area contributed by atoms with Crippen molar-refractivity contribution in [2.75, 3.05) is 0 Å². The molecule has 0 unspecified atom stereocenters. The first-order valence-corrected chi connectivity index (χ1v) is 10.5. The second-order valence-electron chi connectivity index (χ2n) is 6.28. The Hall–Kier alpha value is -2.34. The van der Waals surface area contributed by atoms with Crippen LogP contribution < -0.4 is 11.3 Å². The molecule has 4 aromatic rings. The molecule has 4 rings (SSSR count). The summed E-state index contributed by atoms with van der Waals surface area (Å²) in [4.78, 5) is 49.5. The van der Waals surface area contributed by atoms with E-state index in [2.05, 4.69) is 45.2 Å². The third kappa shape index (κ3) is 4.04. The molecule has 0 atom stereocenters. The molecule has 0 saturated carbocycles. The molecular weight excluding hydrogens is 602 g/mol. The molecule has 0 fully saturated rings. The van der Waals surface area contributed by atoms with Gasteiger partial charge < -0.3 is 8.83 Å².